The number of nitrogens with one attached hydrogen (secondary N) is 1. The van der Waals surface area contributed by atoms with E-state index in [1.54, 1.807) is 12.4 Å². The van der Waals surface area contributed by atoms with Gasteiger partial charge in [-0.25, -0.2) is 0 Å². The number of pyridine rings is 1. The van der Waals surface area contributed by atoms with Crippen LogP contribution in [0.2, 0.25) is 0 Å². The van der Waals surface area contributed by atoms with Crippen molar-refractivity contribution in [1.29, 1.82) is 0 Å². The van der Waals surface area contributed by atoms with Crippen molar-refractivity contribution >= 4 is 22.4 Å². The molecule has 3 rings (SSSR count). The van der Waals surface area contributed by atoms with Crippen molar-refractivity contribution in [2.24, 2.45) is 11.1 Å². The number of carbonyl (C=O) groups is 1. The van der Waals surface area contributed by atoms with E-state index in [9.17, 15) is 4.79 Å². The van der Waals surface area contributed by atoms with Crippen LogP contribution in [0.4, 0.5) is 5.69 Å². The molecule has 1 saturated heterocycles. The average molecular weight is 285 g/mol. The molecule has 1 amide bonds. The molecule has 2 aromatic rings. The molecule has 21 heavy (non-hydrogen) atoms. The minimum absolute atomic E-state index is 0.0161. The molecule has 2 heterocycles. The lowest BCUT2D eigenvalue weighted by atomic mass is 9.79. The molecule has 1 aromatic carbocycles. The van der Waals surface area contributed by atoms with Crippen LogP contribution >= 0.6 is 0 Å². The Bertz CT molecular complexity index is 646. The van der Waals surface area contributed by atoms with E-state index in [0.29, 0.717) is 32.6 Å². The van der Waals surface area contributed by atoms with Gasteiger partial charge in [-0.2, -0.15) is 0 Å². The maximum atomic E-state index is 12.7. The van der Waals surface area contributed by atoms with Gasteiger partial charge in [0.2, 0.25) is 5.91 Å². The van der Waals surface area contributed by atoms with E-state index in [-0.39, 0.29) is 5.91 Å². The smallest absolute Gasteiger partial charge is 0.232 e. The normalized spacial score (nSPS) is 17.6. The van der Waals surface area contributed by atoms with E-state index in [1.807, 2.05) is 24.3 Å². The molecule has 0 radical (unpaired) electrons. The first kappa shape index (κ1) is 14.0. The number of fused-ring (bicyclic) bond motifs is 1. The Morgan fingerprint density at radius 2 is 2.14 bits per heavy atom. The highest BCUT2D eigenvalue weighted by molar-refractivity contribution is 6.03. The Kier molecular flexibility index (Phi) is 3.86. The highest BCUT2D eigenvalue weighted by Crippen LogP contribution is 2.32. The fourth-order valence-corrected chi connectivity index (χ4v) is 2.77. The monoisotopic (exact) mass is 285 g/mol. The minimum atomic E-state index is -0.520. The van der Waals surface area contributed by atoms with Crippen LogP contribution in [-0.2, 0) is 9.53 Å². The van der Waals surface area contributed by atoms with Gasteiger partial charge in [0.25, 0.3) is 0 Å². The van der Waals surface area contributed by atoms with Crippen molar-refractivity contribution in [3.8, 4) is 0 Å². The summed E-state index contributed by atoms with van der Waals surface area (Å²) >= 11 is 0. The van der Waals surface area contributed by atoms with Gasteiger partial charge in [0.05, 0.1) is 5.41 Å². The summed E-state index contributed by atoms with van der Waals surface area (Å²) in [4.78, 5) is 16.8. The predicted octanol–water partition coefficient (Wildman–Crippen LogP) is 1.93. The zero-order valence-electron chi connectivity index (χ0n) is 11.8. The number of hydrogen-bond donors (Lipinski definition) is 2. The molecule has 5 nitrogen and oxygen atoms in total. The minimum Gasteiger partial charge on any atom is -0.381 e. The van der Waals surface area contributed by atoms with Crippen LogP contribution in [0.1, 0.15) is 12.8 Å². The molecule has 1 aromatic heterocycles. The number of nitrogens with zero attached hydrogens (tertiary/aromatic N) is 1. The standard InChI is InChI=1S/C16H19N3O2/c17-11-16(5-8-21-9-6-16)15(20)19-14-3-1-2-12-10-18-7-4-13(12)14/h1-4,7,10H,5-6,8-9,11,17H2,(H,19,20). The maximum Gasteiger partial charge on any atom is 0.232 e. The highest BCUT2D eigenvalue weighted by Gasteiger charge is 2.38. The zero-order valence-corrected chi connectivity index (χ0v) is 11.8. The molecule has 0 unspecified atom stereocenters. The molecule has 1 fully saturated rings. The van der Waals surface area contributed by atoms with Gasteiger partial charge >= 0.3 is 0 Å². The predicted molar refractivity (Wildman–Crippen MR) is 81.9 cm³/mol. The van der Waals surface area contributed by atoms with Crippen molar-refractivity contribution in [2.45, 2.75) is 12.8 Å². The van der Waals surface area contributed by atoms with E-state index in [0.717, 1.165) is 16.5 Å². The van der Waals surface area contributed by atoms with Gasteiger partial charge in [0.15, 0.2) is 0 Å². The maximum absolute atomic E-state index is 12.7. The van der Waals surface area contributed by atoms with Gasteiger partial charge in [0, 0.05) is 48.6 Å². The molecule has 0 aliphatic carbocycles. The molecular weight excluding hydrogens is 266 g/mol. The first-order valence-electron chi connectivity index (χ1n) is 7.17. The number of nitrogens with two attached hydrogens (primary N) is 1. The molecule has 110 valence electrons. The molecule has 0 saturated carbocycles. The van der Waals surface area contributed by atoms with Gasteiger partial charge in [-0.15, -0.1) is 0 Å². The quantitative estimate of drug-likeness (QED) is 0.903. The summed E-state index contributed by atoms with van der Waals surface area (Å²) in [6.45, 7) is 1.52. The number of amides is 1. The number of rotatable bonds is 3. The molecule has 1 aliphatic rings. The Morgan fingerprint density at radius 1 is 1.33 bits per heavy atom. The van der Waals surface area contributed by atoms with Crippen molar-refractivity contribution in [2.75, 3.05) is 25.1 Å². The van der Waals surface area contributed by atoms with Crippen LogP contribution in [0.5, 0.6) is 0 Å². The van der Waals surface area contributed by atoms with Crippen LogP contribution < -0.4 is 11.1 Å². The number of ether oxygens (including phenoxy) is 1. The third kappa shape index (κ3) is 2.62. The van der Waals surface area contributed by atoms with Crippen LogP contribution in [0.3, 0.4) is 0 Å². The van der Waals surface area contributed by atoms with E-state index >= 15 is 0 Å². The van der Waals surface area contributed by atoms with Gasteiger partial charge in [-0.05, 0) is 25.0 Å². The van der Waals surface area contributed by atoms with Gasteiger partial charge < -0.3 is 15.8 Å². The van der Waals surface area contributed by atoms with Crippen LogP contribution in [0, 0.1) is 5.41 Å². The average Bonchev–Trinajstić information content (AvgIpc) is 2.56. The Morgan fingerprint density at radius 3 is 2.90 bits per heavy atom. The number of benzene rings is 1. The van der Waals surface area contributed by atoms with Crippen LogP contribution in [-0.4, -0.2) is 30.6 Å². The van der Waals surface area contributed by atoms with Gasteiger partial charge in [-0.1, -0.05) is 12.1 Å². The number of anilines is 1. The topological polar surface area (TPSA) is 77.2 Å². The number of carbonyl (C=O) groups excluding carboxylic acids is 1. The Balaban J connectivity index is 1.89. The second-order valence-electron chi connectivity index (χ2n) is 5.45. The summed E-state index contributed by atoms with van der Waals surface area (Å²) in [6.07, 6.45) is 4.85. The lowest BCUT2D eigenvalue weighted by Crippen LogP contribution is -2.46. The Hall–Kier alpha value is -1.98. The third-order valence-electron chi connectivity index (χ3n) is 4.25. The van der Waals surface area contributed by atoms with Gasteiger partial charge in [0.1, 0.15) is 0 Å². The first-order chi connectivity index (χ1) is 10.2. The number of aromatic nitrogens is 1. The van der Waals surface area contributed by atoms with Crippen molar-refractivity contribution < 1.29 is 9.53 Å². The molecule has 0 atom stereocenters. The molecule has 3 N–H and O–H groups in total. The lowest BCUT2D eigenvalue weighted by Gasteiger charge is -2.34. The van der Waals surface area contributed by atoms with Crippen molar-refractivity contribution in [3.05, 3.63) is 36.7 Å². The largest absolute Gasteiger partial charge is 0.381 e. The summed E-state index contributed by atoms with van der Waals surface area (Å²) in [7, 11) is 0. The third-order valence-corrected chi connectivity index (χ3v) is 4.25. The molecule has 1 aliphatic heterocycles. The Labute approximate surface area is 123 Å². The second-order valence-corrected chi connectivity index (χ2v) is 5.45. The fourth-order valence-electron chi connectivity index (χ4n) is 2.77. The summed E-state index contributed by atoms with van der Waals surface area (Å²) in [5.41, 5.74) is 6.16. The SMILES string of the molecule is NCC1(C(=O)Nc2cccc3cnccc23)CCOCC1. The molecule has 0 spiro atoms. The second kappa shape index (κ2) is 5.79. The van der Waals surface area contributed by atoms with E-state index in [4.69, 9.17) is 10.5 Å². The van der Waals surface area contributed by atoms with E-state index in [2.05, 4.69) is 10.3 Å². The zero-order chi connectivity index (χ0) is 14.7. The highest BCUT2D eigenvalue weighted by atomic mass is 16.5. The van der Waals surface area contributed by atoms with Crippen LogP contribution in [0.15, 0.2) is 36.7 Å². The summed E-state index contributed by atoms with van der Waals surface area (Å²) in [5.74, 6) is -0.0161. The summed E-state index contributed by atoms with van der Waals surface area (Å²) in [5, 5.41) is 5.03. The molecular formula is C16H19N3O2. The lowest BCUT2D eigenvalue weighted by molar-refractivity contribution is -0.130. The molecule has 0 bridgehead atoms. The van der Waals surface area contributed by atoms with E-state index < -0.39 is 5.41 Å². The molecule has 5 heteroatoms. The fraction of sp³-hybridized carbons (Fsp3) is 0.375. The van der Waals surface area contributed by atoms with E-state index in [1.165, 1.54) is 0 Å². The van der Waals surface area contributed by atoms with Gasteiger partial charge in [-0.3, -0.25) is 9.78 Å². The first-order valence-corrected chi connectivity index (χ1v) is 7.17. The summed E-state index contributed by atoms with van der Waals surface area (Å²) < 4.78 is 5.35. The summed E-state index contributed by atoms with van der Waals surface area (Å²) in [6, 6.07) is 7.71. The van der Waals surface area contributed by atoms with Crippen molar-refractivity contribution in [1.82, 2.24) is 4.98 Å². The van der Waals surface area contributed by atoms with Crippen LogP contribution in [0.25, 0.3) is 10.8 Å². The number of hydrogen-bond acceptors (Lipinski definition) is 4. The van der Waals surface area contributed by atoms with Crippen molar-refractivity contribution in [3.63, 3.8) is 0 Å².